The van der Waals surface area contributed by atoms with Crippen LogP contribution in [0.3, 0.4) is 0 Å². The third-order valence-corrected chi connectivity index (χ3v) is 6.23. The molecule has 0 aliphatic carbocycles. The van der Waals surface area contributed by atoms with Gasteiger partial charge in [0.25, 0.3) is 0 Å². The lowest BCUT2D eigenvalue weighted by Gasteiger charge is -2.27. The van der Waals surface area contributed by atoms with Gasteiger partial charge < -0.3 is 15.2 Å². The van der Waals surface area contributed by atoms with E-state index in [9.17, 15) is 4.79 Å². The number of nitrogens with zero attached hydrogens (tertiary/aromatic N) is 3. The highest BCUT2D eigenvalue weighted by Crippen LogP contribution is 2.42. The van der Waals surface area contributed by atoms with Crippen LogP contribution in [-0.4, -0.2) is 40.4 Å². The molecule has 0 spiro atoms. The molecule has 1 atom stereocenters. The van der Waals surface area contributed by atoms with Crippen LogP contribution in [0, 0.1) is 12.3 Å². The van der Waals surface area contributed by atoms with Gasteiger partial charge in [0.2, 0.25) is 5.88 Å². The maximum Gasteiger partial charge on any atom is 0.233 e. The molecule has 1 aromatic heterocycles. The van der Waals surface area contributed by atoms with Crippen molar-refractivity contribution in [2.45, 2.75) is 12.0 Å². The van der Waals surface area contributed by atoms with Gasteiger partial charge in [0.15, 0.2) is 17.6 Å². The summed E-state index contributed by atoms with van der Waals surface area (Å²) in [6, 6.07) is 15.7. The van der Waals surface area contributed by atoms with E-state index < -0.39 is 5.54 Å². The second-order valence-corrected chi connectivity index (χ2v) is 8.36. The van der Waals surface area contributed by atoms with Crippen LogP contribution in [-0.2, 0) is 12.0 Å². The molecular formula is C25H22N4O3S. The third-order valence-electron chi connectivity index (χ3n) is 5.28. The van der Waals surface area contributed by atoms with E-state index in [0.29, 0.717) is 10.9 Å². The topological polar surface area (TPSA) is 99.7 Å². The molecule has 2 N–H and O–H groups in total. The normalized spacial score (nSPS) is 17.2. The summed E-state index contributed by atoms with van der Waals surface area (Å²) in [5.41, 5.74) is 8.54. The zero-order chi connectivity index (χ0) is 23.3. The lowest BCUT2D eigenvalue weighted by atomic mass is 9.84. The minimum Gasteiger partial charge on any atom is -0.497 e. The van der Waals surface area contributed by atoms with Crippen LogP contribution in [0.25, 0.3) is 0 Å². The highest BCUT2D eigenvalue weighted by atomic mass is 32.2. The molecule has 0 fully saturated rings. The van der Waals surface area contributed by atoms with E-state index in [1.54, 1.807) is 7.11 Å². The van der Waals surface area contributed by atoms with Crippen LogP contribution in [0.2, 0.25) is 0 Å². The van der Waals surface area contributed by atoms with E-state index in [4.69, 9.17) is 26.6 Å². The first-order valence-corrected chi connectivity index (χ1v) is 11.2. The minimum absolute atomic E-state index is 0.0932. The molecule has 166 valence electrons. The number of rotatable bonds is 8. The Kier molecular flexibility index (Phi) is 6.61. The molecule has 33 heavy (non-hydrogen) atoms. The van der Waals surface area contributed by atoms with Gasteiger partial charge in [-0.1, -0.05) is 54.1 Å². The Bertz CT molecular complexity index is 1220. The molecule has 0 radical (unpaired) electrons. The fraction of sp³-hybridized carbons (Fsp3) is 0.200. The van der Waals surface area contributed by atoms with Gasteiger partial charge in [-0.15, -0.1) is 6.42 Å². The van der Waals surface area contributed by atoms with Crippen LogP contribution in [0.4, 0.5) is 0 Å². The van der Waals surface area contributed by atoms with Crippen LogP contribution in [0.15, 0.2) is 65.9 Å². The average molecular weight is 459 g/mol. The Morgan fingerprint density at radius 2 is 2.00 bits per heavy atom. The van der Waals surface area contributed by atoms with E-state index in [1.165, 1.54) is 24.2 Å². The first kappa shape index (κ1) is 22.4. The van der Waals surface area contributed by atoms with E-state index in [2.05, 4.69) is 15.9 Å². The quantitative estimate of drug-likeness (QED) is 0.409. The van der Waals surface area contributed by atoms with E-state index in [1.807, 2.05) is 48.5 Å². The van der Waals surface area contributed by atoms with Gasteiger partial charge in [0, 0.05) is 12.2 Å². The molecule has 2 heterocycles. The monoisotopic (exact) mass is 458 g/mol. The van der Waals surface area contributed by atoms with Crippen LogP contribution >= 0.6 is 11.8 Å². The van der Waals surface area contributed by atoms with Gasteiger partial charge in [-0.3, -0.25) is 4.79 Å². The molecule has 8 heteroatoms. The Hall–Kier alpha value is -3.83. The molecule has 7 nitrogen and oxygen atoms in total. The molecule has 0 saturated carbocycles. The van der Waals surface area contributed by atoms with Gasteiger partial charge >= 0.3 is 0 Å². The predicted molar refractivity (Wildman–Crippen MR) is 129 cm³/mol. The van der Waals surface area contributed by atoms with Crippen molar-refractivity contribution in [2.24, 2.45) is 10.7 Å². The fourth-order valence-electron chi connectivity index (χ4n) is 3.63. The van der Waals surface area contributed by atoms with E-state index in [0.717, 1.165) is 22.4 Å². The van der Waals surface area contributed by atoms with Crippen molar-refractivity contribution in [1.29, 1.82) is 0 Å². The number of carbonyl (C=O) groups excluding carboxylic acids is 1. The van der Waals surface area contributed by atoms with Crippen molar-refractivity contribution >= 4 is 22.7 Å². The molecule has 3 aromatic rings. The summed E-state index contributed by atoms with van der Waals surface area (Å²) in [6.07, 6.45) is 8.14. The standard InChI is InChI=1S/C25H22N4O3S/c1-3-11-32-23-15-27-21(14-28-23)22(30)13-17-5-4-6-19(12-17)25(16-33-24(26)29-25)18-7-9-20(31-2)10-8-18/h1,4-10,12,14-15H,11,13,16H2,2H3,(H2,26,29). The molecule has 0 saturated heterocycles. The number of nitrogens with two attached hydrogens (primary N) is 1. The van der Waals surface area contributed by atoms with Crippen molar-refractivity contribution in [3.05, 3.63) is 83.3 Å². The number of aromatic nitrogens is 2. The van der Waals surface area contributed by atoms with Crippen molar-refractivity contribution in [3.8, 4) is 24.0 Å². The number of hydrogen-bond donors (Lipinski definition) is 1. The fourth-order valence-corrected chi connectivity index (χ4v) is 4.60. The van der Waals surface area contributed by atoms with Gasteiger partial charge in [-0.25, -0.2) is 15.0 Å². The molecule has 2 aromatic carbocycles. The number of ether oxygens (including phenoxy) is 2. The van der Waals surface area contributed by atoms with Crippen molar-refractivity contribution in [3.63, 3.8) is 0 Å². The van der Waals surface area contributed by atoms with Crippen LogP contribution < -0.4 is 15.2 Å². The zero-order valence-electron chi connectivity index (χ0n) is 18.0. The number of amidine groups is 1. The molecular weight excluding hydrogens is 436 g/mol. The van der Waals surface area contributed by atoms with Crippen molar-refractivity contribution in [1.82, 2.24) is 9.97 Å². The highest BCUT2D eigenvalue weighted by molar-refractivity contribution is 8.14. The maximum absolute atomic E-state index is 12.8. The number of thioether (sulfide) groups is 1. The number of ketones is 1. The summed E-state index contributed by atoms with van der Waals surface area (Å²) < 4.78 is 10.5. The number of terminal acetylenes is 1. The summed E-state index contributed by atoms with van der Waals surface area (Å²) in [4.78, 5) is 25.9. The smallest absolute Gasteiger partial charge is 0.233 e. The molecule has 4 rings (SSSR count). The number of carbonyl (C=O) groups is 1. The van der Waals surface area contributed by atoms with E-state index in [-0.39, 0.29) is 30.4 Å². The second-order valence-electron chi connectivity index (χ2n) is 7.36. The van der Waals surface area contributed by atoms with Crippen molar-refractivity contribution < 1.29 is 14.3 Å². The molecule has 0 bridgehead atoms. The van der Waals surface area contributed by atoms with Gasteiger partial charge in [-0.2, -0.15) is 0 Å². The summed E-state index contributed by atoms with van der Waals surface area (Å²) >= 11 is 1.51. The van der Waals surface area contributed by atoms with Gasteiger partial charge in [0.05, 0.1) is 19.5 Å². The predicted octanol–water partition coefficient (Wildman–Crippen LogP) is 3.23. The molecule has 1 aliphatic heterocycles. The van der Waals surface area contributed by atoms with Gasteiger partial charge in [-0.05, 0) is 28.8 Å². The lowest BCUT2D eigenvalue weighted by molar-refractivity contribution is 0.0987. The largest absolute Gasteiger partial charge is 0.497 e. The second kappa shape index (κ2) is 9.76. The molecule has 1 unspecified atom stereocenters. The Balaban J connectivity index is 1.59. The number of Topliss-reactive ketones (excluding diaryl/α,β-unsaturated/α-hetero) is 1. The number of aliphatic imine (C=N–C) groups is 1. The van der Waals surface area contributed by atoms with Gasteiger partial charge in [0.1, 0.15) is 17.0 Å². The summed E-state index contributed by atoms with van der Waals surface area (Å²) in [5, 5.41) is 0.537. The summed E-state index contributed by atoms with van der Waals surface area (Å²) in [5.74, 6) is 3.93. The number of hydrogen-bond acceptors (Lipinski definition) is 8. The Morgan fingerprint density at radius 1 is 1.18 bits per heavy atom. The lowest BCUT2D eigenvalue weighted by Crippen LogP contribution is -2.26. The SMILES string of the molecule is C#CCOc1cnc(C(=O)Cc2cccc(C3(c4ccc(OC)cc4)CSC(N)=N3)c2)cn1. The van der Waals surface area contributed by atoms with Crippen LogP contribution in [0.1, 0.15) is 27.2 Å². The third kappa shape index (κ3) is 4.83. The van der Waals surface area contributed by atoms with E-state index >= 15 is 0 Å². The first-order chi connectivity index (χ1) is 16.0. The maximum atomic E-state index is 12.8. The Labute approximate surface area is 196 Å². The van der Waals surface area contributed by atoms with Crippen LogP contribution in [0.5, 0.6) is 11.6 Å². The molecule has 0 amide bonds. The highest BCUT2D eigenvalue weighted by Gasteiger charge is 2.39. The summed E-state index contributed by atoms with van der Waals surface area (Å²) in [6.45, 7) is 0.0932. The number of benzene rings is 2. The average Bonchev–Trinajstić information content (AvgIpc) is 3.26. The Morgan fingerprint density at radius 3 is 2.64 bits per heavy atom. The summed E-state index contributed by atoms with van der Waals surface area (Å²) in [7, 11) is 1.63. The number of methoxy groups -OCH3 is 1. The molecule has 1 aliphatic rings. The minimum atomic E-state index is -0.629. The zero-order valence-corrected chi connectivity index (χ0v) is 18.8. The first-order valence-electron chi connectivity index (χ1n) is 10.2. The van der Waals surface area contributed by atoms with Crippen molar-refractivity contribution in [2.75, 3.05) is 19.5 Å².